The van der Waals surface area contributed by atoms with Gasteiger partial charge in [-0.15, -0.1) is 24.8 Å². The summed E-state index contributed by atoms with van der Waals surface area (Å²) >= 11 is 5.78. The molecule has 4 N–H and O–H groups in total. The van der Waals surface area contributed by atoms with E-state index in [1.807, 2.05) is 0 Å². The lowest BCUT2D eigenvalue weighted by Crippen LogP contribution is -2.17. The molecule has 2 rings (SSSR count). The molecule has 1 aromatic carbocycles. The zero-order chi connectivity index (χ0) is 19.3. The number of nitrogens with two attached hydrogens (primary N) is 1. The summed E-state index contributed by atoms with van der Waals surface area (Å²) < 4.78 is 42.7. The third kappa shape index (κ3) is 7.14. The molecule has 12 heteroatoms. The molecule has 2 aromatic rings. The third-order valence-corrected chi connectivity index (χ3v) is 3.61. The highest BCUT2D eigenvalue weighted by Crippen LogP contribution is 2.32. The second-order valence-corrected chi connectivity index (χ2v) is 5.64. The van der Waals surface area contributed by atoms with Crippen LogP contribution in [0, 0.1) is 0 Å². The van der Waals surface area contributed by atoms with E-state index in [0.29, 0.717) is 23.3 Å². The molecule has 0 unspecified atom stereocenters. The Balaban J connectivity index is 0.00000364. The predicted octanol–water partition coefficient (Wildman–Crippen LogP) is 4.63. The van der Waals surface area contributed by atoms with Crippen LogP contribution in [0.2, 0.25) is 5.02 Å². The lowest BCUT2D eigenvalue weighted by Gasteiger charge is -2.11. The molecule has 1 aromatic heterocycles. The summed E-state index contributed by atoms with van der Waals surface area (Å²) in [4.78, 5) is 15.5. The fourth-order valence-corrected chi connectivity index (χ4v) is 2.29. The number of hydrogen-bond donors (Lipinski definition) is 3. The molecule has 0 radical (unpaired) electrons. The highest BCUT2D eigenvalue weighted by molar-refractivity contribution is 6.33. The summed E-state index contributed by atoms with van der Waals surface area (Å²) in [6.45, 7) is 0.134. The van der Waals surface area contributed by atoms with Crippen LogP contribution in [-0.2, 0) is 11.0 Å². The Morgan fingerprint density at radius 1 is 1.29 bits per heavy atom. The molecule has 0 spiro atoms. The number of benzene rings is 1. The first-order valence-electron chi connectivity index (χ1n) is 7.40. The van der Waals surface area contributed by atoms with Crippen LogP contribution in [-0.4, -0.2) is 24.5 Å². The minimum atomic E-state index is -4.52. The van der Waals surface area contributed by atoms with Gasteiger partial charge in [-0.3, -0.25) is 4.79 Å². The number of nitrogens with one attached hydrogen (secondary N) is 2. The molecule has 0 saturated heterocycles. The molecule has 0 fully saturated rings. The van der Waals surface area contributed by atoms with Crippen molar-refractivity contribution in [1.82, 2.24) is 4.98 Å². The number of alkyl halides is 3. The van der Waals surface area contributed by atoms with Gasteiger partial charge in [0.1, 0.15) is 11.6 Å². The van der Waals surface area contributed by atoms with Crippen LogP contribution in [0.15, 0.2) is 30.5 Å². The molecule has 0 atom stereocenters. The smallest absolute Gasteiger partial charge is 0.417 e. The highest BCUT2D eigenvalue weighted by Gasteiger charge is 2.31. The first-order valence-corrected chi connectivity index (χ1v) is 7.78. The minimum absolute atomic E-state index is 0. The van der Waals surface area contributed by atoms with E-state index in [1.165, 1.54) is 7.11 Å². The van der Waals surface area contributed by atoms with Gasteiger partial charge in [0.25, 0.3) is 0 Å². The fraction of sp³-hybridized carbons (Fsp3) is 0.250. The summed E-state index contributed by atoms with van der Waals surface area (Å²) in [5.41, 5.74) is 5.69. The predicted molar refractivity (Wildman–Crippen MR) is 108 cm³/mol. The Kier molecular flexibility index (Phi) is 10.2. The Hall–Kier alpha value is -2.10. The van der Waals surface area contributed by atoms with E-state index in [4.69, 9.17) is 22.1 Å². The lowest BCUT2D eigenvalue weighted by molar-refractivity contribution is -0.137. The van der Waals surface area contributed by atoms with Gasteiger partial charge in [-0.25, -0.2) is 4.98 Å². The number of carbonyl (C=O) groups is 1. The van der Waals surface area contributed by atoms with Gasteiger partial charge >= 0.3 is 6.18 Å². The molecule has 1 heterocycles. The number of amides is 1. The summed E-state index contributed by atoms with van der Waals surface area (Å²) in [6, 6.07) is 5.58. The van der Waals surface area contributed by atoms with Gasteiger partial charge in [0, 0.05) is 24.8 Å². The number of nitrogens with zero attached hydrogens (tertiary/aromatic N) is 1. The Labute approximate surface area is 176 Å². The molecular weight excluding hydrogens is 444 g/mol. The molecule has 0 aliphatic rings. The van der Waals surface area contributed by atoms with E-state index < -0.39 is 11.7 Å². The highest BCUT2D eigenvalue weighted by atomic mass is 35.5. The summed E-state index contributed by atoms with van der Waals surface area (Å²) in [5.74, 6) is 0.249. The molecule has 156 valence electrons. The normalized spacial score (nSPS) is 10.3. The number of halogens is 6. The second kappa shape index (κ2) is 11.0. The van der Waals surface area contributed by atoms with Gasteiger partial charge in [-0.05, 0) is 24.3 Å². The van der Waals surface area contributed by atoms with Gasteiger partial charge in [0.2, 0.25) is 5.91 Å². The van der Waals surface area contributed by atoms with Crippen LogP contribution in [0.1, 0.15) is 12.0 Å². The van der Waals surface area contributed by atoms with E-state index in [1.54, 1.807) is 18.2 Å². The van der Waals surface area contributed by atoms with Crippen molar-refractivity contribution in [3.63, 3.8) is 0 Å². The number of anilines is 3. The Bertz CT molecular complexity index is 807. The van der Waals surface area contributed by atoms with Crippen LogP contribution >= 0.6 is 36.4 Å². The summed E-state index contributed by atoms with van der Waals surface area (Å²) in [6.07, 6.45) is -3.80. The van der Waals surface area contributed by atoms with E-state index in [0.717, 1.165) is 6.07 Å². The second-order valence-electron chi connectivity index (χ2n) is 5.23. The van der Waals surface area contributed by atoms with Crippen LogP contribution in [0.3, 0.4) is 0 Å². The number of carbonyl (C=O) groups excluding carboxylic acids is 1. The Morgan fingerprint density at radius 2 is 1.96 bits per heavy atom. The average molecular weight is 462 g/mol. The van der Waals surface area contributed by atoms with Crippen LogP contribution in [0.25, 0.3) is 0 Å². The number of rotatable bonds is 6. The quantitative estimate of drug-likeness (QED) is 0.546. The van der Waals surface area contributed by atoms with Crippen molar-refractivity contribution in [3.8, 4) is 5.75 Å². The lowest BCUT2D eigenvalue weighted by atomic mass is 10.2. The molecule has 1 amide bonds. The van der Waals surface area contributed by atoms with Crippen LogP contribution in [0.5, 0.6) is 5.75 Å². The molecule has 0 bridgehead atoms. The van der Waals surface area contributed by atoms with Gasteiger partial charge in [0.05, 0.1) is 23.4 Å². The number of nitrogen functional groups attached to an aromatic ring is 1. The van der Waals surface area contributed by atoms with E-state index in [-0.39, 0.29) is 54.5 Å². The molecule has 0 aliphatic carbocycles. The maximum atomic E-state index is 12.6. The average Bonchev–Trinajstić information content (AvgIpc) is 2.55. The van der Waals surface area contributed by atoms with Gasteiger partial charge in [-0.2, -0.15) is 13.2 Å². The van der Waals surface area contributed by atoms with Crippen molar-refractivity contribution >= 4 is 59.5 Å². The molecule has 0 saturated carbocycles. The van der Waals surface area contributed by atoms with E-state index in [2.05, 4.69) is 15.6 Å². The summed E-state index contributed by atoms with van der Waals surface area (Å²) in [7, 11) is 1.48. The first-order chi connectivity index (χ1) is 12.2. The zero-order valence-electron chi connectivity index (χ0n) is 14.5. The SMILES string of the molecule is COc1ccc(NC(=O)CCNc2ncc(C(F)(F)F)cc2Cl)cc1N.Cl.Cl. The summed E-state index contributed by atoms with van der Waals surface area (Å²) in [5, 5.41) is 5.19. The molecule has 6 nitrogen and oxygen atoms in total. The number of pyridine rings is 1. The van der Waals surface area contributed by atoms with Crippen LogP contribution < -0.4 is 21.1 Å². The number of ether oxygens (including phenoxy) is 1. The van der Waals surface area contributed by atoms with Crippen molar-refractivity contribution in [1.29, 1.82) is 0 Å². The zero-order valence-corrected chi connectivity index (χ0v) is 16.9. The number of hydrogen-bond acceptors (Lipinski definition) is 5. The molecular formula is C16H18Cl3F3N4O2. The van der Waals surface area contributed by atoms with Gasteiger partial charge in [-0.1, -0.05) is 11.6 Å². The van der Waals surface area contributed by atoms with Crippen molar-refractivity contribution in [2.45, 2.75) is 12.6 Å². The topological polar surface area (TPSA) is 89.3 Å². The third-order valence-electron chi connectivity index (χ3n) is 3.33. The first kappa shape index (κ1) is 25.9. The van der Waals surface area contributed by atoms with Gasteiger partial charge < -0.3 is 21.1 Å². The fourth-order valence-electron chi connectivity index (χ4n) is 2.05. The number of aromatic nitrogens is 1. The molecule has 0 aliphatic heterocycles. The van der Waals surface area contributed by atoms with Crippen molar-refractivity contribution in [3.05, 3.63) is 41.0 Å². The standard InChI is InChI=1S/C16H16ClF3N4O2.2ClH/c1-26-13-3-2-10(7-12(13)21)24-14(25)4-5-22-15-11(17)6-9(8-23-15)16(18,19)20;;/h2-3,6-8H,4-5,21H2,1H3,(H,22,23)(H,24,25);2*1H. The van der Waals surface area contributed by atoms with E-state index >= 15 is 0 Å². The molecule has 28 heavy (non-hydrogen) atoms. The van der Waals surface area contributed by atoms with Gasteiger partial charge in [0.15, 0.2) is 0 Å². The maximum Gasteiger partial charge on any atom is 0.417 e. The van der Waals surface area contributed by atoms with Crippen molar-refractivity contribution in [2.24, 2.45) is 0 Å². The van der Waals surface area contributed by atoms with E-state index in [9.17, 15) is 18.0 Å². The van der Waals surface area contributed by atoms with Crippen molar-refractivity contribution < 1.29 is 22.7 Å². The monoisotopic (exact) mass is 460 g/mol. The minimum Gasteiger partial charge on any atom is -0.495 e. The number of methoxy groups -OCH3 is 1. The van der Waals surface area contributed by atoms with Crippen LogP contribution in [0.4, 0.5) is 30.4 Å². The largest absolute Gasteiger partial charge is 0.495 e. The maximum absolute atomic E-state index is 12.6. The van der Waals surface area contributed by atoms with Crippen molar-refractivity contribution in [2.75, 3.05) is 30.0 Å². The Morgan fingerprint density at radius 3 is 2.50 bits per heavy atom.